The number of carbonyl (C=O) groups is 1. The van der Waals surface area contributed by atoms with Crippen molar-refractivity contribution in [1.29, 1.82) is 0 Å². The molecule has 0 fully saturated rings. The van der Waals surface area contributed by atoms with Crippen LogP contribution in [0.3, 0.4) is 0 Å². The van der Waals surface area contributed by atoms with Gasteiger partial charge in [-0.2, -0.15) is 0 Å². The summed E-state index contributed by atoms with van der Waals surface area (Å²) in [6, 6.07) is 4.51. The van der Waals surface area contributed by atoms with Gasteiger partial charge in [-0.3, -0.25) is 0 Å². The highest BCUT2D eigenvalue weighted by atomic mass is 32.1. The van der Waals surface area contributed by atoms with Crippen LogP contribution in [0.5, 0.6) is 0 Å². The van der Waals surface area contributed by atoms with Crippen molar-refractivity contribution in [3.63, 3.8) is 0 Å². The van der Waals surface area contributed by atoms with E-state index in [0.717, 1.165) is 36.8 Å². The van der Waals surface area contributed by atoms with Crippen molar-refractivity contribution in [2.75, 3.05) is 17.2 Å². The average molecular weight is 421 g/mol. The van der Waals surface area contributed by atoms with Crippen LogP contribution in [-0.2, 0) is 17.6 Å². The highest BCUT2D eigenvalue weighted by Crippen LogP contribution is 2.37. The first-order valence-corrected chi connectivity index (χ1v) is 10.9. The summed E-state index contributed by atoms with van der Waals surface area (Å²) in [6.45, 7) is 4.01. The fourth-order valence-corrected chi connectivity index (χ4v) is 4.97. The van der Waals surface area contributed by atoms with Crippen molar-refractivity contribution < 1.29 is 13.9 Å². The molecule has 0 aliphatic heterocycles. The van der Waals surface area contributed by atoms with Crippen molar-refractivity contribution in [2.24, 2.45) is 0 Å². The van der Waals surface area contributed by atoms with Crippen LogP contribution in [0.4, 0.5) is 15.1 Å². The zero-order valence-corrected chi connectivity index (χ0v) is 17.8. The summed E-state index contributed by atoms with van der Waals surface area (Å²) in [7, 11) is 0. The van der Waals surface area contributed by atoms with Gasteiger partial charge in [-0.1, -0.05) is 18.9 Å². The lowest BCUT2D eigenvalue weighted by atomic mass is 9.96. The number of nitrogens with one attached hydrogen (secondary N) is 2. The SMILES string of the molecule is CCOC(=O)c1c(NC(=S)Nc2cc(F)ccc2C)sc2c1CCCCCC2. The fourth-order valence-electron chi connectivity index (χ4n) is 3.41. The molecule has 1 heterocycles. The van der Waals surface area contributed by atoms with Gasteiger partial charge in [0.2, 0.25) is 0 Å². The summed E-state index contributed by atoms with van der Waals surface area (Å²) in [5.74, 6) is -0.644. The zero-order chi connectivity index (χ0) is 20.1. The predicted octanol–water partition coefficient (Wildman–Crippen LogP) is 5.84. The molecule has 0 unspecified atom stereocenters. The monoisotopic (exact) mass is 420 g/mol. The van der Waals surface area contributed by atoms with Gasteiger partial charge in [0.1, 0.15) is 10.8 Å². The van der Waals surface area contributed by atoms with Crippen LogP contribution in [0.2, 0.25) is 0 Å². The Bertz CT molecular complexity index is 880. The van der Waals surface area contributed by atoms with Crippen LogP contribution in [-0.4, -0.2) is 17.7 Å². The standard InChI is InChI=1S/C21H25FN2O2S2/c1-3-26-20(25)18-15-8-6-4-5-7-9-17(15)28-19(18)24-21(27)23-16-12-14(22)11-10-13(16)2/h10-12H,3-9H2,1-2H3,(H2,23,24,27). The molecule has 0 spiro atoms. The molecule has 2 N–H and O–H groups in total. The molecule has 0 saturated carbocycles. The highest BCUT2D eigenvalue weighted by Gasteiger charge is 2.25. The number of anilines is 2. The molecule has 28 heavy (non-hydrogen) atoms. The van der Waals surface area contributed by atoms with E-state index in [2.05, 4.69) is 10.6 Å². The van der Waals surface area contributed by atoms with Crippen LogP contribution in [0.15, 0.2) is 18.2 Å². The summed E-state index contributed by atoms with van der Waals surface area (Å²) >= 11 is 7.01. The number of thiocarbonyl (C=S) groups is 1. The Morgan fingerprint density at radius 1 is 1.21 bits per heavy atom. The summed E-state index contributed by atoms with van der Waals surface area (Å²) in [6.07, 6.45) is 6.44. The van der Waals surface area contributed by atoms with Crippen molar-refractivity contribution in [3.8, 4) is 0 Å². The van der Waals surface area contributed by atoms with E-state index in [1.165, 1.54) is 29.9 Å². The molecule has 4 nitrogen and oxygen atoms in total. The fraction of sp³-hybridized carbons (Fsp3) is 0.429. The topological polar surface area (TPSA) is 50.4 Å². The number of ether oxygens (including phenoxy) is 1. The van der Waals surface area contributed by atoms with Gasteiger partial charge >= 0.3 is 5.97 Å². The largest absolute Gasteiger partial charge is 0.462 e. The van der Waals surface area contributed by atoms with Gasteiger partial charge in [-0.05, 0) is 75.0 Å². The summed E-state index contributed by atoms with van der Waals surface area (Å²) in [5, 5.41) is 7.23. The highest BCUT2D eigenvalue weighted by molar-refractivity contribution is 7.80. The molecule has 1 aromatic carbocycles. The van der Waals surface area contributed by atoms with Gasteiger partial charge < -0.3 is 15.4 Å². The van der Waals surface area contributed by atoms with Gasteiger partial charge in [0.05, 0.1) is 12.2 Å². The van der Waals surface area contributed by atoms with E-state index in [-0.39, 0.29) is 11.8 Å². The summed E-state index contributed by atoms with van der Waals surface area (Å²) in [4.78, 5) is 13.9. The first-order valence-electron chi connectivity index (χ1n) is 9.65. The van der Waals surface area contributed by atoms with Gasteiger partial charge in [0, 0.05) is 10.6 Å². The number of aryl methyl sites for hydroxylation is 2. The maximum absolute atomic E-state index is 13.5. The molecule has 0 atom stereocenters. The molecule has 7 heteroatoms. The number of halogens is 1. The predicted molar refractivity (Wildman–Crippen MR) is 117 cm³/mol. The molecule has 3 rings (SSSR count). The molecular formula is C21H25FN2O2S2. The Labute approximate surface area is 174 Å². The van der Waals surface area contributed by atoms with E-state index in [1.807, 2.05) is 6.92 Å². The lowest BCUT2D eigenvalue weighted by molar-refractivity contribution is 0.0526. The Hall–Kier alpha value is -1.99. The molecule has 0 bridgehead atoms. The number of hydrogen-bond donors (Lipinski definition) is 2. The number of rotatable bonds is 4. The maximum atomic E-state index is 13.5. The van der Waals surface area contributed by atoms with E-state index >= 15 is 0 Å². The quantitative estimate of drug-likeness (QED) is 0.481. The smallest absolute Gasteiger partial charge is 0.341 e. The molecule has 0 radical (unpaired) electrons. The van der Waals surface area contributed by atoms with Crippen LogP contribution in [0.1, 0.15) is 59.0 Å². The average Bonchev–Trinajstić information content (AvgIpc) is 2.94. The second kappa shape index (κ2) is 9.47. The van der Waals surface area contributed by atoms with Crippen LogP contribution in [0, 0.1) is 12.7 Å². The van der Waals surface area contributed by atoms with Gasteiger partial charge in [0.15, 0.2) is 5.11 Å². The lowest BCUT2D eigenvalue weighted by Gasteiger charge is -2.13. The molecular weight excluding hydrogens is 395 g/mol. The van der Waals surface area contributed by atoms with Gasteiger partial charge in [-0.25, -0.2) is 9.18 Å². The minimum atomic E-state index is -0.331. The third-order valence-electron chi connectivity index (χ3n) is 4.83. The minimum Gasteiger partial charge on any atom is -0.462 e. The third kappa shape index (κ3) is 4.89. The summed E-state index contributed by atoms with van der Waals surface area (Å²) in [5.41, 5.74) is 3.18. The molecule has 1 aromatic heterocycles. The Balaban J connectivity index is 1.87. The number of fused-ring (bicyclic) bond motifs is 1. The Morgan fingerprint density at radius 2 is 1.96 bits per heavy atom. The van der Waals surface area contributed by atoms with Gasteiger partial charge in [0.25, 0.3) is 0 Å². The van der Waals surface area contributed by atoms with Crippen molar-refractivity contribution in [2.45, 2.75) is 52.4 Å². The van der Waals surface area contributed by atoms with E-state index in [4.69, 9.17) is 17.0 Å². The molecule has 0 saturated heterocycles. The normalized spacial score (nSPS) is 13.8. The second-order valence-electron chi connectivity index (χ2n) is 6.88. The van der Waals surface area contributed by atoms with Crippen LogP contribution >= 0.6 is 23.6 Å². The third-order valence-corrected chi connectivity index (χ3v) is 6.24. The van der Waals surface area contributed by atoms with E-state index in [9.17, 15) is 9.18 Å². The van der Waals surface area contributed by atoms with E-state index < -0.39 is 0 Å². The van der Waals surface area contributed by atoms with Crippen molar-refractivity contribution in [3.05, 3.63) is 45.6 Å². The van der Waals surface area contributed by atoms with E-state index in [1.54, 1.807) is 24.3 Å². The summed E-state index contributed by atoms with van der Waals surface area (Å²) < 4.78 is 18.9. The minimum absolute atomic E-state index is 0.312. The number of esters is 1. The maximum Gasteiger partial charge on any atom is 0.341 e. The van der Waals surface area contributed by atoms with Crippen molar-refractivity contribution in [1.82, 2.24) is 0 Å². The first-order chi connectivity index (χ1) is 13.5. The van der Waals surface area contributed by atoms with Crippen LogP contribution in [0.25, 0.3) is 0 Å². The van der Waals surface area contributed by atoms with E-state index in [0.29, 0.717) is 28.0 Å². The Morgan fingerprint density at radius 3 is 2.71 bits per heavy atom. The zero-order valence-electron chi connectivity index (χ0n) is 16.2. The number of carbonyl (C=O) groups excluding carboxylic acids is 1. The second-order valence-corrected chi connectivity index (χ2v) is 8.39. The lowest BCUT2D eigenvalue weighted by Crippen LogP contribution is -2.21. The van der Waals surface area contributed by atoms with Crippen LogP contribution < -0.4 is 10.6 Å². The van der Waals surface area contributed by atoms with Gasteiger partial charge in [-0.15, -0.1) is 11.3 Å². The Kier molecular flexibility index (Phi) is 7.02. The first kappa shape index (κ1) is 20.7. The molecule has 0 amide bonds. The number of hydrogen-bond acceptors (Lipinski definition) is 4. The molecule has 2 aromatic rings. The molecule has 1 aliphatic carbocycles. The number of thiophene rings is 1. The molecule has 150 valence electrons. The van der Waals surface area contributed by atoms with Crippen molar-refractivity contribution >= 4 is 45.3 Å². The number of benzene rings is 1. The molecule has 1 aliphatic rings.